The molecule has 16 aromatic rings. The second-order valence-electron chi connectivity index (χ2n) is 24.3. The van der Waals surface area contributed by atoms with E-state index in [9.17, 15) is 0 Å². The van der Waals surface area contributed by atoms with E-state index in [1.807, 2.05) is 72.8 Å². The highest BCUT2D eigenvalue weighted by molar-refractivity contribution is 6.13. The molecule has 8 heteroatoms. The van der Waals surface area contributed by atoms with Crippen LogP contribution < -0.4 is 0 Å². The second-order valence-corrected chi connectivity index (χ2v) is 24.3. The fourth-order valence-electron chi connectivity index (χ4n) is 14.1. The Morgan fingerprint density at radius 2 is 0.489 bits per heavy atom. The number of fused-ring (bicyclic) bond motifs is 6. The molecule has 12 aromatic carbocycles. The molecule has 4 aromatic heterocycles. The number of benzene rings is 12. The minimum atomic E-state index is 0.544. The Labute approximate surface area is 534 Å². The Morgan fingerprint density at radius 3 is 0.815 bits per heavy atom. The van der Waals surface area contributed by atoms with Gasteiger partial charge in [0.2, 0.25) is 0 Å². The van der Waals surface area contributed by atoms with E-state index >= 15 is 0 Å². The molecule has 0 aliphatic rings. The van der Waals surface area contributed by atoms with Crippen LogP contribution in [0.25, 0.3) is 157 Å². The summed E-state index contributed by atoms with van der Waals surface area (Å²) in [5.74, 6) is 3.42. The van der Waals surface area contributed by atoms with Crippen molar-refractivity contribution in [2.45, 2.75) is 41.5 Å². The Morgan fingerprint density at radius 1 is 0.217 bits per heavy atom. The molecule has 0 N–H and O–H groups in total. The van der Waals surface area contributed by atoms with Crippen LogP contribution in [0, 0.1) is 41.5 Å². The van der Waals surface area contributed by atoms with Crippen molar-refractivity contribution in [2.75, 3.05) is 0 Å². The molecule has 0 atom stereocenters. The predicted molar refractivity (Wildman–Crippen MR) is 379 cm³/mol. The number of hydrogen-bond donors (Lipinski definition) is 0. The van der Waals surface area contributed by atoms with Gasteiger partial charge in [-0.15, -0.1) is 0 Å². The molecular weight excluding hydrogens is 1120 g/mol. The van der Waals surface area contributed by atoms with E-state index in [2.05, 4.69) is 245 Å². The molecule has 438 valence electrons. The molecule has 0 aliphatic heterocycles. The molecule has 16 rings (SSSR count). The van der Waals surface area contributed by atoms with Crippen LogP contribution in [0.5, 0.6) is 0 Å². The summed E-state index contributed by atoms with van der Waals surface area (Å²) >= 11 is 0. The maximum Gasteiger partial charge on any atom is 0.164 e. The Hall–Kier alpha value is -11.7. The lowest BCUT2D eigenvalue weighted by atomic mass is 9.93. The van der Waals surface area contributed by atoms with Gasteiger partial charge in [-0.05, 0) is 159 Å². The summed E-state index contributed by atoms with van der Waals surface area (Å²) in [6.07, 6.45) is 0. The van der Waals surface area contributed by atoms with E-state index in [1.165, 1.54) is 55.6 Å². The quantitative estimate of drug-likeness (QED) is 0.128. The maximum atomic E-state index is 5.37. The third-order valence-corrected chi connectivity index (χ3v) is 18.0. The summed E-state index contributed by atoms with van der Waals surface area (Å²) in [6.45, 7) is 13.3. The molecule has 0 saturated heterocycles. The SMILES string of the molecule is Cc1cc(C)c(-c2ccc3c(c2)c2ccccc2n3-c2ccc(-c3nc(-c4ccccc4)nc(-c4ccccc4)n3)cc2-c2cc(-c3nc(-c4ccccc4)nc(-c4ccccc4)n3)ccc2-n2c3ccccc3c3cc(-c4c(C)cc(C)cc4C)ccc32)c(C)c1. The molecular formula is C84H62N8. The van der Waals surface area contributed by atoms with E-state index in [4.69, 9.17) is 29.9 Å². The number of nitrogens with zero attached hydrogens (tertiary/aromatic N) is 8. The zero-order valence-corrected chi connectivity index (χ0v) is 52.0. The van der Waals surface area contributed by atoms with Crippen molar-refractivity contribution in [1.29, 1.82) is 0 Å². The number of hydrogen-bond acceptors (Lipinski definition) is 6. The van der Waals surface area contributed by atoms with Crippen molar-refractivity contribution in [3.05, 3.63) is 300 Å². The Balaban J connectivity index is 1.02. The number of rotatable bonds is 11. The summed E-state index contributed by atoms with van der Waals surface area (Å²) in [4.78, 5) is 31.8. The molecule has 0 saturated carbocycles. The third kappa shape index (κ3) is 9.81. The fourth-order valence-corrected chi connectivity index (χ4v) is 14.1. The average Bonchev–Trinajstić information content (AvgIpc) is 1.52. The first-order chi connectivity index (χ1) is 45.1. The molecule has 92 heavy (non-hydrogen) atoms. The highest BCUT2D eigenvalue weighted by atomic mass is 15.1. The monoisotopic (exact) mass is 1180 g/mol. The van der Waals surface area contributed by atoms with Gasteiger partial charge in [0.05, 0.1) is 33.4 Å². The van der Waals surface area contributed by atoms with Crippen LogP contribution in [-0.2, 0) is 0 Å². The molecule has 4 heterocycles. The van der Waals surface area contributed by atoms with Crippen molar-refractivity contribution in [3.8, 4) is 113 Å². The number of para-hydroxylation sites is 2. The fraction of sp³-hybridized carbons (Fsp3) is 0.0714. The highest BCUT2D eigenvalue weighted by Gasteiger charge is 2.25. The van der Waals surface area contributed by atoms with Crippen LogP contribution in [0.1, 0.15) is 33.4 Å². The summed E-state index contributed by atoms with van der Waals surface area (Å²) < 4.78 is 4.90. The number of aryl methyl sites for hydroxylation is 6. The Kier molecular flexibility index (Phi) is 13.7. The molecule has 8 nitrogen and oxygen atoms in total. The van der Waals surface area contributed by atoms with Gasteiger partial charge in [-0.1, -0.05) is 205 Å². The summed E-state index contributed by atoms with van der Waals surface area (Å²) in [5.41, 5.74) is 25.7. The van der Waals surface area contributed by atoms with Gasteiger partial charge in [-0.2, -0.15) is 0 Å². The second kappa shape index (κ2) is 22.7. The number of aromatic nitrogens is 8. The first kappa shape index (κ1) is 55.6. The minimum absolute atomic E-state index is 0.544. The van der Waals surface area contributed by atoms with Crippen LogP contribution in [0.4, 0.5) is 0 Å². The lowest BCUT2D eigenvalue weighted by Gasteiger charge is -2.21. The van der Waals surface area contributed by atoms with E-state index < -0.39 is 0 Å². The van der Waals surface area contributed by atoms with Crippen molar-refractivity contribution < 1.29 is 0 Å². The zero-order chi connectivity index (χ0) is 62.1. The third-order valence-electron chi connectivity index (χ3n) is 18.0. The van der Waals surface area contributed by atoms with Gasteiger partial charge in [0.15, 0.2) is 34.9 Å². The topological polar surface area (TPSA) is 87.2 Å². The molecule has 0 amide bonds. The summed E-state index contributed by atoms with van der Waals surface area (Å²) in [5, 5.41) is 4.61. The van der Waals surface area contributed by atoms with Gasteiger partial charge in [0, 0.05) is 66.1 Å². The average molecular weight is 1180 g/mol. The van der Waals surface area contributed by atoms with E-state index in [1.54, 1.807) is 0 Å². The normalized spacial score (nSPS) is 11.6. The first-order valence-corrected chi connectivity index (χ1v) is 31.3. The van der Waals surface area contributed by atoms with E-state index in [0.717, 1.165) is 99.5 Å². The van der Waals surface area contributed by atoms with Crippen LogP contribution >= 0.6 is 0 Å². The van der Waals surface area contributed by atoms with Gasteiger partial charge in [0.1, 0.15) is 0 Å². The van der Waals surface area contributed by atoms with Gasteiger partial charge in [0.25, 0.3) is 0 Å². The first-order valence-electron chi connectivity index (χ1n) is 31.3. The van der Waals surface area contributed by atoms with E-state index in [0.29, 0.717) is 34.9 Å². The van der Waals surface area contributed by atoms with Crippen LogP contribution in [0.2, 0.25) is 0 Å². The molecule has 0 spiro atoms. The summed E-state index contributed by atoms with van der Waals surface area (Å²) in [6, 6.07) is 95.0. The van der Waals surface area contributed by atoms with Crippen molar-refractivity contribution in [3.63, 3.8) is 0 Å². The van der Waals surface area contributed by atoms with Crippen LogP contribution in [0.15, 0.2) is 267 Å². The standard InChI is InChI=1S/C84H62N8/c1-51-43-53(3)77(54(4)44-51)61-35-39-73-67(47-61)65-31-19-21-33-71(65)91(73)75-41-37-63(83-87-79(57-23-11-7-12-24-57)85-80(88-83)58-25-13-8-14-26-58)49-69(75)70-50-64(84-89-81(59-27-15-9-16-28-59)86-82(90-84)60-29-17-10-18-30-60)38-42-76(70)92-72-34-22-20-32-66(72)68-48-62(36-40-74(68)92)78-55(5)45-52(2)46-56(78)6/h7-50H,1-6H3. The van der Waals surface area contributed by atoms with Crippen LogP contribution in [-0.4, -0.2) is 39.0 Å². The van der Waals surface area contributed by atoms with Gasteiger partial charge < -0.3 is 9.13 Å². The van der Waals surface area contributed by atoms with E-state index in [-0.39, 0.29) is 0 Å². The smallest absolute Gasteiger partial charge is 0.164 e. The van der Waals surface area contributed by atoms with Crippen molar-refractivity contribution >= 4 is 43.6 Å². The highest BCUT2D eigenvalue weighted by Crippen LogP contribution is 2.46. The molecule has 0 aliphatic carbocycles. The van der Waals surface area contributed by atoms with Gasteiger partial charge in [-0.25, -0.2) is 29.9 Å². The van der Waals surface area contributed by atoms with Gasteiger partial charge in [-0.3, -0.25) is 0 Å². The zero-order valence-electron chi connectivity index (χ0n) is 52.0. The molecule has 0 fully saturated rings. The van der Waals surface area contributed by atoms with Crippen molar-refractivity contribution in [1.82, 2.24) is 39.0 Å². The largest absolute Gasteiger partial charge is 0.309 e. The van der Waals surface area contributed by atoms with Crippen LogP contribution in [0.3, 0.4) is 0 Å². The molecule has 0 radical (unpaired) electrons. The summed E-state index contributed by atoms with van der Waals surface area (Å²) in [7, 11) is 0. The molecule has 0 bridgehead atoms. The lowest BCUT2D eigenvalue weighted by Crippen LogP contribution is -2.05. The maximum absolute atomic E-state index is 5.37. The predicted octanol–water partition coefficient (Wildman–Crippen LogP) is 21.1. The van der Waals surface area contributed by atoms with Gasteiger partial charge >= 0.3 is 0 Å². The molecule has 0 unspecified atom stereocenters. The minimum Gasteiger partial charge on any atom is -0.309 e. The Bertz CT molecular complexity index is 5060. The lowest BCUT2D eigenvalue weighted by molar-refractivity contribution is 1.07. The van der Waals surface area contributed by atoms with Crippen molar-refractivity contribution in [2.24, 2.45) is 0 Å².